The molecule has 9 heteroatoms. The molecule has 1 amide bonds. The van der Waals surface area contributed by atoms with E-state index in [2.05, 4.69) is 15.4 Å². The van der Waals surface area contributed by atoms with E-state index in [1.807, 2.05) is 0 Å². The first-order valence-electron chi connectivity index (χ1n) is 8.54. The Labute approximate surface area is 153 Å². The Hall–Kier alpha value is -2.26. The molecule has 0 saturated heterocycles. The third-order valence-electron chi connectivity index (χ3n) is 4.64. The molecule has 0 spiro atoms. The van der Waals surface area contributed by atoms with Gasteiger partial charge in [-0.3, -0.25) is 4.79 Å². The molecular weight excluding hydrogens is 354 g/mol. The Balaban J connectivity index is 1.75. The number of sulfonamides is 1. The maximum Gasteiger partial charge on any atom is 0.251 e. The number of rotatable bonds is 5. The van der Waals surface area contributed by atoms with Crippen LogP contribution in [-0.4, -0.2) is 52.5 Å². The molecule has 1 aliphatic rings. The van der Waals surface area contributed by atoms with Crippen molar-refractivity contribution in [2.75, 3.05) is 7.05 Å². The van der Waals surface area contributed by atoms with Crippen molar-refractivity contribution in [1.82, 2.24) is 24.4 Å². The molecule has 1 unspecified atom stereocenters. The summed E-state index contributed by atoms with van der Waals surface area (Å²) < 4.78 is 28.3. The van der Waals surface area contributed by atoms with E-state index in [4.69, 9.17) is 0 Å². The summed E-state index contributed by atoms with van der Waals surface area (Å²) in [5.74, 6) is 0.628. The standard InChI is InChI=1S/C17H23N5O3S/c1-12(2)21(3)26(24,25)15-6-4-5-13(9-15)17(23)20-14-7-8-16-18-11-19-22(16)10-14/h4-6,9,11-12,14H,7-8,10H2,1-3H3,(H,20,23). The van der Waals surface area contributed by atoms with Crippen LogP contribution in [-0.2, 0) is 23.0 Å². The minimum absolute atomic E-state index is 0.0599. The van der Waals surface area contributed by atoms with Crippen molar-refractivity contribution in [3.8, 4) is 0 Å². The van der Waals surface area contributed by atoms with Gasteiger partial charge in [0.25, 0.3) is 5.91 Å². The molecule has 0 saturated carbocycles. The lowest BCUT2D eigenvalue weighted by Gasteiger charge is -2.24. The number of nitrogens with one attached hydrogen (secondary N) is 1. The van der Waals surface area contributed by atoms with E-state index in [-0.39, 0.29) is 22.9 Å². The topological polar surface area (TPSA) is 97.2 Å². The van der Waals surface area contributed by atoms with Gasteiger partial charge in [0.1, 0.15) is 12.2 Å². The lowest BCUT2D eigenvalue weighted by atomic mass is 10.1. The fraction of sp³-hybridized carbons (Fsp3) is 0.471. The second-order valence-corrected chi connectivity index (χ2v) is 8.71. The molecule has 3 rings (SSSR count). The number of fused-ring (bicyclic) bond motifs is 1. The van der Waals surface area contributed by atoms with Crippen LogP contribution in [0.5, 0.6) is 0 Å². The monoisotopic (exact) mass is 377 g/mol. The lowest BCUT2D eigenvalue weighted by Crippen LogP contribution is -2.41. The molecule has 1 aromatic heterocycles. The van der Waals surface area contributed by atoms with Crippen molar-refractivity contribution in [2.45, 2.75) is 50.2 Å². The van der Waals surface area contributed by atoms with Crippen molar-refractivity contribution < 1.29 is 13.2 Å². The lowest BCUT2D eigenvalue weighted by molar-refractivity contribution is 0.0926. The number of amides is 1. The van der Waals surface area contributed by atoms with Crippen LogP contribution < -0.4 is 5.32 Å². The minimum Gasteiger partial charge on any atom is -0.347 e. The molecule has 1 N–H and O–H groups in total. The molecule has 0 bridgehead atoms. The molecule has 2 aromatic rings. The third-order valence-corrected chi connectivity index (χ3v) is 6.67. The average molecular weight is 377 g/mol. The van der Waals surface area contributed by atoms with Crippen LogP contribution >= 0.6 is 0 Å². The highest BCUT2D eigenvalue weighted by Crippen LogP contribution is 2.18. The zero-order chi connectivity index (χ0) is 18.9. The van der Waals surface area contributed by atoms with Crippen LogP contribution in [0, 0.1) is 0 Å². The summed E-state index contributed by atoms with van der Waals surface area (Å²) in [7, 11) is -2.10. The second kappa shape index (κ2) is 7.16. The van der Waals surface area contributed by atoms with Gasteiger partial charge in [0.15, 0.2) is 0 Å². The van der Waals surface area contributed by atoms with Crippen molar-refractivity contribution in [1.29, 1.82) is 0 Å². The second-order valence-electron chi connectivity index (χ2n) is 6.71. The zero-order valence-electron chi connectivity index (χ0n) is 15.1. The summed E-state index contributed by atoms with van der Waals surface area (Å²) >= 11 is 0. The van der Waals surface area contributed by atoms with Crippen LogP contribution in [0.2, 0.25) is 0 Å². The summed E-state index contributed by atoms with van der Waals surface area (Å²) in [6.45, 7) is 4.17. The van der Waals surface area contributed by atoms with Crippen molar-refractivity contribution in [2.24, 2.45) is 0 Å². The Bertz CT molecular complexity index is 907. The average Bonchev–Trinajstić information content (AvgIpc) is 3.08. The molecule has 0 aliphatic carbocycles. The van der Waals surface area contributed by atoms with E-state index in [0.29, 0.717) is 12.1 Å². The molecule has 0 radical (unpaired) electrons. The molecule has 8 nitrogen and oxygen atoms in total. The van der Waals surface area contributed by atoms with E-state index in [9.17, 15) is 13.2 Å². The molecule has 26 heavy (non-hydrogen) atoms. The summed E-state index contributed by atoms with van der Waals surface area (Å²) in [4.78, 5) is 16.9. The van der Waals surface area contributed by atoms with E-state index in [1.165, 1.54) is 29.8 Å². The van der Waals surface area contributed by atoms with Crippen LogP contribution in [0.15, 0.2) is 35.5 Å². The highest BCUT2D eigenvalue weighted by Gasteiger charge is 2.25. The van der Waals surface area contributed by atoms with Gasteiger partial charge in [0, 0.05) is 31.1 Å². The number of hydrogen-bond donors (Lipinski definition) is 1. The first-order chi connectivity index (χ1) is 12.3. The van der Waals surface area contributed by atoms with Crippen LogP contribution in [0.25, 0.3) is 0 Å². The molecule has 1 aliphatic heterocycles. The van der Waals surface area contributed by atoms with Gasteiger partial charge in [-0.25, -0.2) is 18.1 Å². The molecule has 0 fully saturated rings. The largest absolute Gasteiger partial charge is 0.347 e. The maximum atomic E-state index is 12.6. The maximum absolute atomic E-state index is 12.6. The zero-order valence-corrected chi connectivity index (χ0v) is 15.9. The highest BCUT2D eigenvalue weighted by atomic mass is 32.2. The fourth-order valence-corrected chi connectivity index (χ4v) is 4.28. The first kappa shape index (κ1) is 18.5. The van der Waals surface area contributed by atoms with E-state index in [1.54, 1.807) is 30.7 Å². The smallest absolute Gasteiger partial charge is 0.251 e. The first-order valence-corrected chi connectivity index (χ1v) is 9.98. The Kier molecular flexibility index (Phi) is 5.10. The number of aromatic nitrogens is 3. The Morgan fingerprint density at radius 2 is 2.15 bits per heavy atom. The summed E-state index contributed by atoms with van der Waals surface area (Å²) in [6.07, 6.45) is 3.04. The Morgan fingerprint density at radius 3 is 2.88 bits per heavy atom. The number of carbonyl (C=O) groups excluding carboxylic acids is 1. The molecule has 140 valence electrons. The predicted octanol–water partition coefficient (Wildman–Crippen LogP) is 1.05. The van der Waals surface area contributed by atoms with E-state index >= 15 is 0 Å². The Morgan fingerprint density at radius 1 is 1.38 bits per heavy atom. The predicted molar refractivity (Wildman–Crippen MR) is 96.1 cm³/mol. The van der Waals surface area contributed by atoms with Crippen molar-refractivity contribution in [3.63, 3.8) is 0 Å². The summed E-state index contributed by atoms with van der Waals surface area (Å²) in [5, 5.41) is 7.10. The molecular formula is C17H23N5O3S. The van der Waals surface area contributed by atoms with Gasteiger partial charge in [-0.15, -0.1) is 0 Å². The molecule has 2 heterocycles. The summed E-state index contributed by atoms with van der Waals surface area (Å²) in [5.41, 5.74) is 0.326. The normalized spacial score (nSPS) is 17.3. The van der Waals surface area contributed by atoms with Gasteiger partial charge < -0.3 is 5.32 Å². The van der Waals surface area contributed by atoms with Gasteiger partial charge in [-0.2, -0.15) is 9.40 Å². The number of benzene rings is 1. The van der Waals surface area contributed by atoms with Crippen LogP contribution in [0.3, 0.4) is 0 Å². The number of aryl methyl sites for hydroxylation is 1. The number of carbonyl (C=O) groups is 1. The van der Waals surface area contributed by atoms with E-state index < -0.39 is 10.0 Å². The molecule has 1 aromatic carbocycles. The fourth-order valence-electron chi connectivity index (χ4n) is 2.87. The van der Waals surface area contributed by atoms with Crippen molar-refractivity contribution >= 4 is 15.9 Å². The van der Waals surface area contributed by atoms with Gasteiger partial charge in [-0.1, -0.05) is 6.07 Å². The molecule has 1 atom stereocenters. The number of nitrogens with zero attached hydrogens (tertiary/aromatic N) is 4. The van der Waals surface area contributed by atoms with Crippen LogP contribution in [0.1, 0.15) is 36.5 Å². The van der Waals surface area contributed by atoms with Crippen LogP contribution in [0.4, 0.5) is 0 Å². The highest BCUT2D eigenvalue weighted by molar-refractivity contribution is 7.89. The van der Waals surface area contributed by atoms with Crippen molar-refractivity contribution in [3.05, 3.63) is 42.0 Å². The number of hydrogen-bond acceptors (Lipinski definition) is 5. The van der Waals surface area contributed by atoms with Gasteiger partial charge in [0.05, 0.1) is 11.4 Å². The van der Waals surface area contributed by atoms with E-state index in [0.717, 1.165) is 18.7 Å². The van der Waals surface area contributed by atoms with Gasteiger partial charge in [-0.05, 0) is 38.5 Å². The quantitative estimate of drug-likeness (QED) is 0.840. The van der Waals surface area contributed by atoms with Gasteiger partial charge in [0.2, 0.25) is 10.0 Å². The van der Waals surface area contributed by atoms with Gasteiger partial charge >= 0.3 is 0 Å². The minimum atomic E-state index is -3.63. The third kappa shape index (κ3) is 3.63. The summed E-state index contributed by atoms with van der Waals surface area (Å²) in [6, 6.07) is 5.91. The SMILES string of the molecule is CC(C)N(C)S(=O)(=O)c1cccc(C(=O)NC2CCc3ncnn3C2)c1.